The zero-order valence-corrected chi connectivity index (χ0v) is 16.9. The van der Waals surface area contributed by atoms with Gasteiger partial charge >= 0.3 is 0 Å². The fraction of sp³-hybridized carbons (Fsp3) is 0.364. The van der Waals surface area contributed by atoms with Crippen LogP contribution in [0.3, 0.4) is 0 Å². The third kappa shape index (κ3) is 5.77. The Morgan fingerprint density at radius 1 is 0.966 bits per heavy atom. The third-order valence-electron chi connectivity index (χ3n) is 5.12. The van der Waals surface area contributed by atoms with E-state index >= 15 is 0 Å². The fourth-order valence-corrected chi connectivity index (χ4v) is 3.46. The first-order chi connectivity index (χ1) is 13.9. The molecule has 2 amide bonds. The van der Waals surface area contributed by atoms with Gasteiger partial charge in [-0.2, -0.15) is 0 Å². The number of amides is 2. The van der Waals surface area contributed by atoms with E-state index in [0.29, 0.717) is 31.9 Å². The van der Waals surface area contributed by atoms with Crippen LogP contribution in [0.1, 0.15) is 11.1 Å². The van der Waals surface area contributed by atoms with Gasteiger partial charge in [0, 0.05) is 37.6 Å². The van der Waals surface area contributed by atoms with E-state index in [4.69, 9.17) is 0 Å². The van der Waals surface area contributed by atoms with E-state index in [1.807, 2.05) is 41.8 Å². The molecule has 0 atom stereocenters. The van der Waals surface area contributed by atoms with Gasteiger partial charge in [0.15, 0.2) is 0 Å². The molecule has 0 aromatic heterocycles. The summed E-state index contributed by atoms with van der Waals surface area (Å²) in [7, 11) is 0. The molecule has 3 rings (SSSR count). The molecule has 0 unspecified atom stereocenters. The van der Waals surface area contributed by atoms with Crippen molar-refractivity contribution in [3.63, 3.8) is 0 Å². The van der Waals surface area contributed by atoms with E-state index in [-0.39, 0.29) is 30.7 Å². The normalized spacial score (nSPS) is 14.5. The molecule has 0 saturated carbocycles. The molecule has 1 heterocycles. The summed E-state index contributed by atoms with van der Waals surface area (Å²) in [4.78, 5) is 28.5. The van der Waals surface area contributed by atoms with Gasteiger partial charge in [0.2, 0.25) is 11.8 Å². The summed E-state index contributed by atoms with van der Waals surface area (Å²) in [6, 6.07) is 11.7. The number of nitrogens with zero attached hydrogens (tertiary/aromatic N) is 2. The molecular formula is C22H27FN4O2. The number of carbonyl (C=O) groups excluding carboxylic acids is 2. The summed E-state index contributed by atoms with van der Waals surface area (Å²) in [6.07, 6.45) is 0. The average molecular weight is 398 g/mol. The largest absolute Gasteiger partial charge is 0.376 e. The lowest BCUT2D eigenvalue weighted by atomic mass is 10.1. The highest BCUT2D eigenvalue weighted by Gasteiger charge is 2.22. The van der Waals surface area contributed by atoms with Gasteiger partial charge in [0.1, 0.15) is 5.82 Å². The second-order valence-corrected chi connectivity index (χ2v) is 7.33. The number of carbonyl (C=O) groups is 2. The maximum Gasteiger partial charge on any atom is 0.241 e. The Bertz CT molecular complexity index is 841. The number of hydrogen-bond acceptors (Lipinski definition) is 4. The van der Waals surface area contributed by atoms with Crippen molar-refractivity contribution in [1.82, 2.24) is 9.80 Å². The summed E-state index contributed by atoms with van der Waals surface area (Å²) in [6.45, 7) is 7.04. The summed E-state index contributed by atoms with van der Waals surface area (Å²) < 4.78 is 12.9. The lowest BCUT2D eigenvalue weighted by Crippen LogP contribution is -2.51. The summed E-state index contributed by atoms with van der Waals surface area (Å²) in [5.74, 6) is -0.424. The minimum atomic E-state index is -0.337. The van der Waals surface area contributed by atoms with Gasteiger partial charge in [-0.3, -0.25) is 14.5 Å². The number of nitrogens with one attached hydrogen (secondary N) is 2. The average Bonchev–Trinajstić information content (AvgIpc) is 2.70. The van der Waals surface area contributed by atoms with Crippen LogP contribution in [0, 0.1) is 19.7 Å². The van der Waals surface area contributed by atoms with Gasteiger partial charge in [-0.1, -0.05) is 18.2 Å². The van der Waals surface area contributed by atoms with Crippen molar-refractivity contribution in [2.24, 2.45) is 0 Å². The van der Waals surface area contributed by atoms with Gasteiger partial charge < -0.3 is 15.5 Å². The molecule has 0 radical (unpaired) electrons. The molecule has 29 heavy (non-hydrogen) atoms. The zero-order valence-electron chi connectivity index (χ0n) is 16.9. The molecule has 154 valence electrons. The van der Waals surface area contributed by atoms with Crippen LogP contribution in [0.15, 0.2) is 42.5 Å². The number of rotatable bonds is 6. The third-order valence-corrected chi connectivity index (χ3v) is 5.12. The van der Waals surface area contributed by atoms with E-state index in [1.54, 1.807) is 0 Å². The molecule has 0 spiro atoms. The predicted molar refractivity (Wildman–Crippen MR) is 112 cm³/mol. The van der Waals surface area contributed by atoms with Crippen LogP contribution in [0.4, 0.5) is 15.8 Å². The highest BCUT2D eigenvalue weighted by Crippen LogP contribution is 2.19. The highest BCUT2D eigenvalue weighted by atomic mass is 19.1. The van der Waals surface area contributed by atoms with E-state index in [9.17, 15) is 14.0 Å². The molecule has 7 heteroatoms. The first kappa shape index (κ1) is 20.8. The van der Waals surface area contributed by atoms with Gasteiger partial charge in [-0.25, -0.2) is 4.39 Å². The van der Waals surface area contributed by atoms with Gasteiger partial charge in [0.05, 0.1) is 13.1 Å². The van der Waals surface area contributed by atoms with Crippen LogP contribution in [0.2, 0.25) is 0 Å². The Balaban J connectivity index is 1.42. The molecule has 1 saturated heterocycles. The van der Waals surface area contributed by atoms with Crippen molar-refractivity contribution in [1.29, 1.82) is 0 Å². The van der Waals surface area contributed by atoms with Crippen molar-refractivity contribution in [2.75, 3.05) is 49.9 Å². The molecule has 0 aliphatic carbocycles. The Labute approximate surface area is 170 Å². The van der Waals surface area contributed by atoms with Crippen LogP contribution < -0.4 is 10.6 Å². The second-order valence-electron chi connectivity index (χ2n) is 7.33. The van der Waals surface area contributed by atoms with Crippen LogP contribution in [-0.2, 0) is 9.59 Å². The zero-order chi connectivity index (χ0) is 20.8. The molecule has 2 aromatic rings. The lowest BCUT2D eigenvalue weighted by Gasteiger charge is -2.34. The first-order valence-corrected chi connectivity index (χ1v) is 9.78. The van der Waals surface area contributed by atoms with Crippen molar-refractivity contribution in [3.8, 4) is 0 Å². The number of halogens is 1. The highest BCUT2D eigenvalue weighted by molar-refractivity contribution is 5.92. The van der Waals surface area contributed by atoms with E-state index in [0.717, 1.165) is 16.8 Å². The molecular weight excluding hydrogens is 371 g/mol. The molecule has 1 aliphatic rings. The predicted octanol–water partition coefficient (Wildman–Crippen LogP) is 2.64. The van der Waals surface area contributed by atoms with Crippen LogP contribution >= 0.6 is 0 Å². The van der Waals surface area contributed by atoms with Gasteiger partial charge in [-0.05, 0) is 49.2 Å². The van der Waals surface area contributed by atoms with Crippen molar-refractivity contribution in [2.45, 2.75) is 13.8 Å². The summed E-state index contributed by atoms with van der Waals surface area (Å²) in [5.41, 5.74) is 3.82. The Morgan fingerprint density at radius 2 is 1.59 bits per heavy atom. The number of anilines is 2. The number of hydrogen-bond donors (Lipinski definition) is 2. The van der Waals surface area contributed by atoms with Crippen LogP contribution in [0.5, 0.6) is 0 Å². The van der Waals surface area contributed by atoms with E-state index in [1.165, 1.54) is 24.3 Å². The molecule has 2 aromatic carbocycles. The van der Waals surface area contributed by atoms with Gasteiger partial charge in [-0.15, -0.1) is 0 Å². The van der Waals surface area contributed by atoms with Crippen LogP contribution in [0.25, 0.3) is 0 Å². The van der Waals surface area contributed by atoms with E-state index < -0.39 is 0 Å². The van der Waals surface area contributed by atoms with Gasteiger partial charge in [0.25, 0.3) is 0 Å². The lowest BCUT2D eigenvalue weighted by molar-refractivity contribution is -0.131. The smallest absolute Gasteiger partial charge is 0.241 e. The Kier molecular flexibility index (Phi) is 6.82. The topological polar surface area (TPSA) is 64.7 Å². The first-order valence-electron chi connectivity index (χ1n) is 9.78. The number of aryl methyl sites for hydroxylation is 2. The Morgan fingerprint density at radius 3 is 2.21 bits per heavy atom. The van der Waals surface area contributed by atoms with Crippen LogP contribution in [-0.4, -0.2) is 60.9 Å². The molecule has 2 N–H and O–H groups in total. The SMILES string of the molecule is Cc1cccc(C)c1NCC(=O)N1CCN(CC(=O)Nc2ccc(F)cc2)CC1. The number of para-hydroxylation sites is 1. The molecule has 6 nitrogen and oxygen atoms in total. The number of piperazine rings is 1. The summed E-state index contributed by atoms with van der Waals surface area (Å²) in [5, 5.41) is 6.02. The van der Waals surface area contributed by atoms with Crippen molar-refractivity contribution < 1.29 is 14.0 Å². The second kappa shape index (κ2) is 9.52. The molecule has 1 aliphatic heterocycles. The quantitative estimate of drug-likeness (QED) is 0.785. The number of benzene rings is 2. The maximum absolute atomic E-state index is 12.9. The minimum absolute atomic E-state index is 0.0584. The standard InChI is InChI=1S/C22H27FN4O2/c1-16-4-3-5-17(2)22(16)24-14-21(29)27-12-10-26(11-13-27)15-20(28)25-19-8-6-18(23)7-9-19/h3-9,24H,10-15H2,1-2H3,(H,25,28). The van der Waals surface area contributed by atoms with E-state index in [2.05, 4.69) is 10.6 Å². The maximum atomic E-state index is 12.9. The van der Waals surface area contributed by atoms with Crippen molar-refractivity contribution >= 4 is 23.2 Å². The molecule has 0 bridgehead atoms. The van der Waals surface area contributed by atoms with Crippen molar-refractivity contribution in [3.05, 3.63) is 59.4 Å². The fourth-order valence-electron chi connectivity index (χ4n) is 3.46. The minimum Gasteiger partial charge on any atom is -0.376 e. The summed E-state index contributed by atoms with van der Waals surface area (Å²) >= 11 is 0. The monoisotopic (exact) mass is 398 g/mol. The molecule has 1 fully saturated rings. The Hall–Kier alpha value is -2.93.